The summed E-state index contributed by atoms with van der Waals surface area (Å²) in [6, 6.07) is 11.2. The zero-order chi connectivity index (χ0) is 28.2. The highest BCUT2D eigenvalue weighted by atomic mass is 32.1. The van der Waals surface area contributed by atoms with Gasteiger partial charge in [0.15, 0.2) is 16.0 Å². The molecule has 0 unspecified atom stereocenters. The Labute approximate surface area is 228 Å². The number of alkyl halides is 3. The molecule has 0 saturated carbocycles. The van der Waals surface area contributed by atoms with Crippen molar-refractivity contribution in [3.63, 3.8) is 0 Å². The number of hydrogen-bond acceptors (Lipinski definition) is 10. The van der Waals surface area contributed by atoms with Crippen LogP contribution in [0, 0.1) is 0 Å². The van der Waals surface area contributed by atoms with E-state index in [0.717, 1.165) is 55.2 Å². The maximum absolute atomic E-state index is 12.3. The zero-order valence-electron chi connectivity index (χ0n) is 20.4. The number of benzene rings is 2. The molecule has 4 N–H and O–H groups in total. The Kier molecular flexibility index (Phi) is 8.52. The predicted octanol–water partition coefficient (Wildman–Crippen LogP) is 4.62. The Balaban J connectivity index is 0.000000186. The lowest BCUT2D eigenvalue weighted by molar-refractivity contribution is -0.274. The number of carboxylic acids is 1. The van der Waals surface area contributed by atoms with Crippen molar-refractivity contribution in [1.82, 2.24) is 14.9 Å². The van der Waals surface area contributed by atoms with Crippen molar-refractivity contribution in [1.29, 1.82) is 0 Å². The number of aromatic nitrogens is 2. The molecular weight excluding hydrogens is 557 g/mol. The molecular formula is C24H23F3N6O4S2. The van der Waals surface area contributed by atoms with Crippen LogP contribution in [0.3, 0.4) is 0 Å². The Morgan fingerprint density at radius 1 is 1.10 bits per heavy atom. The van der Waals surface area contributed by atoms with E-state index in [1.165, 1.54) is 27.9 Å². The Bertz CT molecular complexity index is 1470. The number of piperazine rings is 1. The third kappa shape index (κ3) is 7.55. The fraction of sp³-hybridized carbons (Fsp3) is 0.250. The maximum Gasteiger partial charge on any atom is 0.573 e. The number of carbonyl (C=O) groups is 2. The number of carbonyl (C=O) groups excluding carboxylic acids is 1. The number of rotatable bonds is 5. The van der Waals surface area contributed by atoms with Gasteiger partial charge in [0.05, 0.1) is 15.8 Å². The number of nitrogens with one attached hydrogen (secondary N) is 1. The van der Waals surface area contributed by atoms with Crippen LogP contribution >= 0.6 is 22.7 Å². The zero-order valence-corrected chi connectivity index (χ0v) is 22.1. The van der Waals surface area contributed by atoms with Gasteiger partial charge in [-0.15, -0.1) is 24.5 Å². The normalized spacial score (nSPS) is 14.0. The van der Waals surface area contributed by atoms with Crippen LogP contribution in [-0.2, 0) is 0 Å². The van der Waals surface area contributed by atoms with Crippen molar-refractivity contribution in [2.45, 2.75) is 6.36 Å². The van der Waals surface area contributed by atoms with Crippen LogP contribution in [0.1, 0.15) is 20.8 Å². The molecule has 15 heteroatoms. The van der Waals surface area contributed by atoms with Gasteiger partial charge in [0.1, 0.15) is 5.75 Å². The quantitative estimate of drug-likeness (QED) is 0.309. The number of halogens is 3. The van der Waals surface area contributed by atoms with E-state index in [9.17, 15) is 22.8 Å². The number of carboxylic acid groups (broad SMARTS) is 1. The van der Waals surface area contributed by atoms with Gasteiger partial charge in [-0.3, -0.25) is 10.1 Å². The highest BCUT2D eigenvalue weighted by Crippen LogP contribution is 2.29. The van der Waals surface area contributed by atoms with Gasteiger partial charge in [0.25, 0.3) is 5.91 Å². The molecule has 1 aliphatic heterocycles. The van der Waals surface area contributed by atoms with Gasteiger partial charge in [-0.1, -0.05) is 23.5 Å². The van der Waals surface area contributed by atoms with Crippen LogP contribution < -0.4 is 20.7 Å². The van der Waals surface area contributed by atoms with Crippen LogP contribution in [0.25, 0.3) is 10.2 Å². The number of nitrogen functional groups attached to an aromatic ring is 1. The first-order valence-corrected chi connectivity index (χ1v) is 13.1. The highest BCUT2D eigenvalue weighted by molar-refractivity contribution is 7.22. The van der Waals surface area contributed by atoms with Gasteiger partial charge in [-0.2, -0.15) is 0 Å². The second kappa shape index (κ2) is 11.8. The van der Waals surface area contributed by atoms with E-state index in [1.54, 1.807) is 11.3 Å². The van der Waals surface area contributed by atoms with Crippen LogP contribution in [0.2, 0.25) is 0 Å². The number of amides is 1. The fourth-order valence-corrected chi connectivity index (χ4v) is 5.10. The molecule has 4 aromatic rings. The Morgan fingerprint density at radius 2 is 1.82 bits per heavy atom. The van der Waals surface area contributed by atoms with Crippen LogP contribution in [0.15, 0.2) is 47.8 Å². The molecule has 5 rings (SSSR count). The summed E-state index contributed by atoms with van der Waals surface area (Å²) in [5.41, 5.74) is 7.38. The van der Waals surface area contributed by atoms with Crippen molar-refractivity contribution in [3.05, 3.63) is 59.1 Å². The summed E-state index contributed by atoms with van der Waals surface area (Å²) >= 11 is 2.39. The molecule has 39 heavy (non-hydrogen) atoms. The van der Waals surface area contributed by atoms with Crippen molar-refractivity contribution in [3.8, 4) is 5.75 Å². The number of aromatic carboxylic acids is 1. The Morgan fingerprint density at radius 3 is 2.49 bits per heavy atom. The second-order valence-corrected chi connectivity index (χ2v) is 10.3. The SMILES string of the molecule is CN1CCN(c2ccc3nc(N)sc3c2)CC1.O=C(O)c1csc(NC(=O)c2ccccc2OC(F)(F)F)n1. The van der Waals surface area contributed by atoms with E-state index in [-0.39, 0.29) is 16.4 Å². The standard InChI is InChI=1S/C12H7F3N2O4S.C12H16N4S/c13-12(14,15)21-8-4-2-1-3-6(8)9(18)17-11-16-7(5-22-11)10(19)20;1-15-4-6-16(7-5-15)9-2-3-10-11(8-9)17-12(13)14-10/h1-5H,(H,19,20)(H,16,17,18);2-3,8H,4-7H2,1H3,(H2,13,14). The number of thiazole rings is 2. The van der Waals surface area contributed by atoms with E-state index < -0.39 is 24.0 Å². The average molecular weight is 581 g/mol. The molecule has 1 aliphatic rings. The summed E-state index contributed by atoms with van der Waals surface area (Å²) in [6.07, 6.45) is -4.94. The topological polar surface area (TPSA) is 134 Å². The molecule has 0 atom stereocenters. The summed E-state index contributed by atoms with van der Waals surface area (Å²) in [6.45, 7) is 4.44. The first-order chi connectivity index (χ1) is 18.5. The largest absolute Gasteiger partial charge is 0.573 e. The van der Waals surface area contributed by atoms with E-state index in [4.69, 9.17) is 10.8 Å². The number of nitrogens with zero attached hydrogens (tertiary/aromatic N) is 4. The Hall–Kier alpha value is -3.95. The minimum absolute atomic E-state index is 0.0517. The molecule has 2 aromatic heterocycles. The predicted molar refractivity (Wildman–Crippen MR) is 144 cm³/mol. The third-order valence-electron chi connectivity index (χ3n) is 5.56. The molecule has 10 nitrogen and oxygen atoms in total. The minimum Gasteiger partial charge on any atom is -0.476 e. The van der Waals surface area contributed by atoms with E-state index in [2.05, 4.69) is 55.1 Å². The van der Waals surface area contributed by atoms with Gasteiger partial charge < -0.3 is 25.4 Å². The molecule has 206 valence electrons. The van der Waals surface area contributed by atoms with Crippen molar-refractivity contribution in [2.24, 2.45) is 0 Å². The van der Waals surface area contributed by atoms with Crippen molar-refractivity contribution in [2.75, 3.05) is 49.2 Å². The molecule has 1 saturated heterocycles. The molecule has 0 aliphatic carbocycles. The first-order valence-electron chi connectivity index (χ1n) is 11.4. The lowest BCUT2D eigenvalue weighted by atomic mass is 10.2. The number of likely N-dealkylation sites (N-methyl/N-ethyl adjacent to an activating group) is 1. The lowest BCUT2D eigenvalue weighted by Gasteiger charge is -2.34. The van der Waals surface area contributed by atoms with Gasteiger partial charge in [-0.25, -0.2) is 14.8 Å². The van der Waals surface area contributed by atoms with Gasteiger partial charge in [-0.05, 0) is 37.4 Å². The molecule has 0 bridgehead atoms. The molecule has 3 heterocycles. The van der Waals surface area contributed by atoms with Gasteiger partial charge >= 0.3 is 12.3 Å². The number of hydrogen-bond donors (Lipinski definition) is 3. The smallest absolute Gasteiger partial charge is 0.476 e. The number of ether oxygens (including phenoxy) is 1. The molecule has 0 spiro atoms. The van der Waals surface area contributed by atoms with E-state index >= 15 is 0 Å². The van der Waals surface area contributed by atoms with Crippen LogP contribution in [-0.4, -0.2) is 71.4 Å². The molecule has 0 radical (unpaired) electrons. The molecule has 1 fully saturated rings. The molecule has 1 amide bonds. The summed E-state index contributed by atoms with van der Waals surface area (Å²) in [4.78, 5) is 35.3. The summed E-state index contributed by atoms with van der Waals surface area (Å²) in [7, 11) is 2.17. The highest BCUT2D eigenvalue weighted by Gasteiger charge is 2.33. The summed E-state index contributed by atoms with van der Waals surface area (Å²) < 4.78 is 41.8. The van der Waals surface area contributed by atoms with Gasteiger partial charge in [0, 0.05) is 37.2 Å². The summed E-state index contributed by atoms with van der Waals surface area (Å²) in [5.74, 6) is -2.84. The fourth-order valence-electron chi connectivity index (χ4n) is 3.65. The number of nitrogens with two attached hydrogens (primary N) is 1. The number of anilines is 3. The minimum atomic E-state index is -4.94. The third-order valence-corrected chi connectivity index (χ3v) is 7.16. The lowest BCUT2D eigenvalue weighted by Crippen LogP contribution is -2.44. The second-order valence-electron chi connectivity index (χ2n) is 8.34. The van der Waals surface area contributed by atoms with Crippen LogP contribution in [0.4, 0.5) is 29.1 Å². The van der Waals surface area contributed by atoms with Gasteiger partial charge in [0.2, 0.25) is 0 Å². The van der Waals surface area contributed by atoms with E-state index in [1.807, 2.05) is 0 Å². The van der Waals surface area contributed by atoms with Crippen LogP contribution in [0.5, 0.6) is 5.75 Å². The van der Waals surface area contributed by atoms with E-state index in [0.29, 0.717) is 5.13 Å². The monoisotopic (exact) mass is 580 g/mol. The first kappa shape index (κ1) is 28.1. The maximum atomic E-state index is 12.3. The average Bonchev–Trinajstić information content (AvgIpc) is 3.49. The summed E-state index contributed by atoms with van der Waals surface area (Å²) in [5, 5.41) is 12.7. The number of para-hydroxylation sites is 1. The number of fused-ring (bicyclic) bond motifs is 1. The molecule has 2 aromatic carbocycles. The van der Waals surface area contributed by atoms with Crippen molar-refractivity contribution >= 4 is 60.7 Å². The van der Waals surface area contributed by atoms with Crippen molar-refractivity contribution < 1.29 is 32.6 Å².